The molecule has 2 aliphatic heterocycles. The van der Waals surface area contributed by atoms with Gasteiger partial charge in [0.15, 0.2) is 0 Å². The molecule has 2 aliphatic rings. The van der Waals surface area contributed by atoms with Gasteiger partial charge in [-0.1, -0.05) is 12.1 Å². The van der Waals surface area contributed by atoms with E-state index >= 15 is 0 Å². The molecule has 39 heavy (non-hydrogen) atoms. The van der Waals surface area contributed by atoms with Crippen LogP contribution < -0.4 is 4.74 Å². The van der Waals surface area contributed by atoms with Gasteiger partial charge in [-0.05, 0) is 72.3 Å². The molecule has 2 aromatic carbocycles. The molecule has 0 radical (unpaired) electrons. The number of amides is 2. The van der Waals surface area contributed by atoms with Crippen LogP contribution in [0.25, 0.3) is 0 Å². The quantitative estimate of drug-likeness (QED) is 0.438. The largest absolute Gasteiger partial charge is 0.497 e. The molecule has 1 saturated heterocycles. The van der Waals surface area contributed by atoms with Gasteiger partial charge in [-0.25, -0.2) is 0 Å². The number of ether oxygens (including phenoxy) is 1. The first-order valence-electron chi connectivity index (χ1n) is 12.9. The van der Waals surface area contributed by atoms with Gasteiger partial charge in [0.2, 0.25) is 5.91 Å². The first-order valence-corrected chi connectivity index (χ1v) is 13.7. The van der Waals surface area contributed by atoms with Crippen LogP contribution in [-0.4, -0.2) is 72.4 Å². The number of alkyl halides is 3. The van der Waals surface area contributed by atoms with Crippen molar-refractivity contribution in [3.05, 3.63) is 87.1 Å². The molecule has 0 aliphatic carbocycles. The molecule has 3 heterocycles. The number of benzene rings is 2. The maximum Gasteiger partial charge on any atom is 0.416 e. The number of fused-ring (bicyclic) bond motifs is 1. The van der Waals surface area contributed by atoms with Crippen LogP contribution in [0.2, 0.25) is 0 Å². The van der Waals surface area contributed by atoms with Crippen LogP contribution in [-0.2, 0) is 17.4 Å². The lowest BCUT2D eigenvalue weighted by molar-refractivity contribution is -0.137. The van der Waals surface area contributed by atoms with Crippen molar-refractivity contribution in [3.63, 3.8) is 0 Å². The molecule has 0 N–H and O–H groups in total. The third-order valence-corrected chi connectivity index (χ3v) is 8.53. The van der Waals surface area contributed by atoms with Crippen molar-refractivity contribution in [2.24, 2.45) is 0 Å². The molecule has 3 aromatic rings. The highest BCUT2D eigenvalue weighted by Gasteiger charge is 2.35. The zero-order chi connectivity index (χ0) is 27.7. The highest BCUT2D eigenvalue weighted by Crippen LogP contribution is 2.38. The van der Waals surface area contributed by atoms with Gasteiger partial charge in [-0.2, -0.15) is 13.2 Å². The minimum Gasteiger partial charge on any atom is -0.497 e. The summed E-state index contributed by atoms with van der Waals surface area (Å²) < 4.78 is 44.0. The number of piperazine rings is 1. The smallest absolute Gasteiger partial charge is 0.416 e. The van der Waals surface area contributed by atoms with E-state index in [0.29, 0.717) is 19.6 Å². The molecular weight excluding hydrogens is 527 g/mol. The summed E-state index contributed by atoms with van der Waals surface area (Å²) in [7, 11) is 1.63. The van der Waals surface area contributed by atoms with E-state index in [-0.39, 0.29) is 36.0 Å². The number of carbonyl (C=O) groups excluding carboxylic acids is 2. The fourth-order valence-corrected chi connectivity index (χ4v) is 6.35. The molecule has 0 bridgehead atoms. The molecule has 5 rings (SSSR count). The molecule has 0 spiro atoms. The number of carbonyl (C=O) groups is 2. The van der Waals surface area contributed by atoms with Gasteiger partial charge in [0, 0.05) is 42.7 Å². The Morgan fingerprint density at radius 2 is 1.72 bits per heavy atom. The molecule has 2 unspecified atom stereocenters. The Balaban J connectivity index is 1.25. The Morgan fingerprint density at radius 1 is 1.00 bits per heavy atom. The van der Waals surface area contributed by atoms with Crippen molar-refractivity contribution in [3.8, 4) is 5.75 Å². The van der Waals surface area contributed by atoms with E-state index in [4.69, 9.17) is 4.74 Å². The van der Waals surface area contributed by atoms with Gasteiger partial charge >= 0.3 is 6.18 Å². The van der Waals surface area contributed by atoms with Crippen LogP contribution in [0.1, 0.15) is 44.9 Å². The SMILES string of the molecule is COc1ccc(C2c3ccsc3CCN2CC(=O)N2CCN(C(=O)c3ccc(C(F)(F)F)cc3)C(C)C2)cc1. The third kappa shape index (κ3) is 5.67. The van der Waals surface area contributed by atoms with Gasteiger partial charge < -0.3 is 14.5 Å². The van der Waals surface area contributed by atoms with Crippen LogP contribution in [0.5, 0.6) is 5.75 Å². The maximum absolute atomic E-state index is 13.5. The second kappa shape index (κ2) is 11.0. The van der Waals surface area contributed by atoms with E-state index in [9.17, 15) is 22.8 Å². The van der Waals surface area contributed by atoms with E-state index in [2.05, 4.69) is 16.3 Å². The fraction of sp³-hybridized carbons (Fsp3) is 0.379. The van der Waals surface area contributed by atoms with E-state index in [0.717, 1.165) is 36.4 Å². The van der Waals surface area contributed by atoms with E-state index in [1.54, 1.807) is 28.2 Å². The van der Waals surface area contributed by atoms with Crippen LogP contribution in [0, 0.1) is 0 Å². The summed E-state index contributed by atoms with van der Waals surface area (Å²) in [6, 6.07) is 14.1. The Bertz CT molecular complexity index is 1320. The number of hydrogen-bond acceptors (Lipinski definition) is 5. The topological polar surface area (TPSA) is 53.1 Å². The summed E-state index contributed by atoms with van der Waals surface area (Å²) in [5, 5.41) is 2.10. The van der Waals surface area contributed by atoms with E-state index in [1.165, 1.54) is 22.6 Å². The second-order valence-electron chi connectivity index (χ2n) is 9.96. The lowest BCUT2D eigenvalue weighted by Crippen LogP contribution is -2.57. The lowest BCUT2D eigenvalue weighted by Gasteiger charge is -2.42. The first kappa shape index (κ1) is 27.2. The normalized spacial score (nSPS) is 20.0. The van der Waals surface area contributed by atoms with Crippen LogP contribution in [0.4, 0.5) is 13.2 Å². The number of hydrogen-bond donors (Lipinski definition) is 0. The molecule has 10 heteroatoms. The molecule has 6 nitrogen and oxygen atoms in total. The Morgan fingerprint density at radius 3 is 2.36 bits per heavy atom. The standard InChI is InChI=1S/C29H30F3N3O3S/c1-19-17-33(14-15-35(19)28(37)21-3-7-22(8-4-21)29(30,31)32)26(36)18-34-13-11-25-24(12-16-39-25)27(34)20-5-9-23(38-2)10-6-20/h3-10,12,16,19,27H,11,13-15,17-18H2,1-2H3. The fourth-order valence-electron chi connectivity index (χ4n) is 5.44. The maximum atomic E-state index is 13.5. The van der Waals surface area contributed by atoms with Crippen LogP contribution in [0.15, 0.2) is 60.0 Å². The zero-order valence-corrected chi connectivity index (χ0v) is 22.6. The van der Waals surface area contributed by atoms with Crippen molar-refractivity contribution >= 4 is 23.2 Å². The van der Waals surface area contributed by atoms with Crippen molar-refractivity contribution in [2.75, 3.05) is 39.8 Å². The van der Waals surface area contributed by atoms with Crippen LogP contribution >= 0.6 is 11.3 Å². The summed E-state index contributed by atoms with van der Waals surface area (Å²) in [6.45, 7) is 3.95. The molecule has 206 valence electrons. The van der Waals surface area contributed by atoms with Crippen molar-refractivity contribution in [1.82, 2.24) is 14.7 Å². The number of nitrogens with zero attached hydrogens (tertiary/aromatic N) is 3. The van der Waals surface area contributed by atoms with Crippen LogP contribution in [0.3, 0.4) is 0 Å². The summed E-state index contributed by atoms with van der Waals surface area (Å²) >= 11 is 1.74. The average Bonchev–Trinajstić information content (AvgIpc) is 3.41. The second-order valence-corrected chi connectivity index (χ2v) is 11.0. The predicted molar refractivity (Wildman–Crippen MR) is 143 cm³/mol. The molecule has 1 fully saturated rings. The summed E-state index contributed by atoms with van der Waals surface area (Å²) in [4.78, 5) is 33.5. The summed E-state index contributed by atoms with van der Waals surface area (Å²) in [6.07, 6.45) is -3.56. The number of halogens is 3. The number of methoxy groups -OCH3 is 1. The summed E-state index contributed by atoms with van der Waals surface area (Å²) in [5.41, 5.74) is 1.74. The Labute approximate surface area is 229 Å². The van der Waals surface area contributed by atoms with Crippen molar-refractivity contribution < 1.29 is 27.5 Å². The predicted octanol–water partition coefficient (Wildman–Crippen LogP) is 5.10. The first-order chi connectivity index (χ1) is 18.7. The highest BCUT2D eigenvalue weighted by molar-refractivity contribution is 7.10. The monoisotopic (exact) mass is 557 g/mol. The lowest BCUT2D eigenvalue weighted by atomic mass is 9.93. The van der Waals surface area contributed by atoms with E-state index < -0.39 is 11.7 Å². The van der Waals surface area contributed by atoms with Crippen molar-refractivity contribution in [1.29, 1.82) is 0 Å². The van der Waals surface area contributed by atoms with Gasteiger partial charge in [0.25, 0.3) is 5.91 Å². The number of rotatable bonds is 5. The van der Waals surface area contributed by atoms with Crippen molar-refractivity contribution in [2.45, 2.75) is 31.6 Å². The number of thiophene rings is 1. The highest BCUT2D eigenvalue weighted by atomic mass is 32.1. The Kier molecular flexibility index (Phi) is 7.68. The van der Waals surface area contributed by atoms with Gasteiger partial charge in [-0.15, -0.1) is 11.3 Å². The summed E-state index contributed by atoms with van der Waals surface area (Å²) in [5.74, 6) is 0.449. The molecule has 0 saturated carbocycles. The molecular formula is C29H30F3N3O3S. The molecule has 2 amide bonds. The van der Waals surface area contributed by atoms with Gasteiger partial charge in [-0.3, -0.25) is 14.5 Å². The van der Waals surface area contributed by atoms with E-state index in [1.807, 2.05) is 31.2 Å². The molecule has 1 aromatic heterocycles. The zero-order valence-electron chi connectivity index (χ0n) is 21.8. The third-order valence-electron chi connectivity index (χ3n) is 7.54. The minimum atomic E-state index is -4.45. The average molecular weight is 558 g/mol. The molecule has 2 atom stereocenters. The van der Waals surface area contributed by atoms with Gasteiger partial charge in [0.05, 0.1) is 25.3 Å². The minimum absolute atomic E-state index is 0.000621. The Hall–Kier alpha value is -3.37. The van der Waals surface area contributed by atoms with Gasteiger partial charge in [0.1, 0.15) is 5.75 Å².